The van der Waals surface area contributed by atoms with Gasteiger partial charge in [-0.15, -0.1) is 0 Å². The van der Waals surface area contributed by atoms with Crippen molar-refractivity contribution in [3.8, 4) is 11.8 Å². The Labute approximate surface area is 205 Å². The van der Waals surface area contributed by atoms with Crippen LogP contribution in [0.3, 0.4) is 0 Å². The van der Waals surface area contributed by atoms with Crippen molar-refractivity contribution >= 4 is 56.8 Å². The monoisotopic (exact) mass is 528 g/mol. The molecule has 3 rings (SSSR count). The summed E-state index contributed by atoms with van der Waals surface area (Å²) < 4.78 is 6.52. The molecule has 1 N–H and O–H groups in total. The number of halogens is 3. The molecule has 0 unspecified atom stereocenters. The van der Waals surface area contributed by atoms with Crippen molar-refractivity contribution in [1.29, 1.82) is 5.26 Å². The lowest BCUT2D eigenvalue weighted by atomic mass is 10.1. The Hall–Kier alpha value is -2.78. The first-order valence-electron chi connectivity index (χ1n) is 9.63. The Balaban J connectivity index is 1.73. The largest absolute Gasteiger partial charge is 0.488 e. The molecule has 0 atom stereocenters. The fraction of sp³-hybridized carbons (Fsp3) is 0.120. The van der Waals surface area contributed by atoms with E-state index in [0.717, 1.165) is 16.7 Å². The number of carbonyl (C=O) groups is 1. The van der Waals surface area contributed by atoms with Crippen molar-refractivity contribution in [2.45, 2.75) is 20.5 Å². The van der Waals surface area contributed by atoms with Gasteiger partial charge in [-0.2, -0.15) is 5.26 Å². The SMILES string of the molecule is Cc1ccc(NC(=O)/C(C#N)=C/c2ccc(OCc3ccc(Cl)cc3Cl)c(Br)c2)c(C)c1. The lowest BCUT2D eigenvalue weighted by Gasteiger charge is -2.11. The van der Waals surface area contributed by atoms with Gasteiger partial charge in [-0.1, -0.05) is 53.0 Å². The molecule has 0 fully saturated rings. The minimum atomic E-state index is -0.465. The lowest BCUT2D eigenvalue weighted by Crippen LogP contribution is -2.14. The maximum atomic E-state index is 12.6. The summed E-state index contributed by atoms with van der Waals surface area (Å²) >= 11 is 15.6. The second-order valence-corrected chi connectivity index (χ2v) is 8.85. The molecular formula is C25H19BrCl2N2O2. The Morgan fingerprint density at radius 1 is 1.12 bits per heavy atom. The quantitative estimate of drug-likeness (QED) is 0.265. The maximum absolute atomic E-state index is 12.6. The van der Waals surface area contributed by atoms with Crippen LogP contribution in [0.1, 0.15) is 22.3 Å². The molecule has 0 spiro atoms. The van der Waals surface area contributed by atoms with Gasteiger partial charge in [0.25, 0.3) is 5.91 Å². The van der Waals surface area contributed by atoms with E-state index in [1.54, 1.807) is 30.3 Å². The van der Waals surface area contributed by atoms with Crippen LogP contribution in [0.25, 0.3) is 6.08 Å². The predicted octanol–water partition coefficient (Wildman–Crippen LogP) is 7.50. The number of nitriles is 1. The van der Waals surface area contributed by atoms with Crippen LogP contribution in [0.15, 0.2) is 64.6 Å². The van der Waals surface area contributed by atoms with Crippen molar-refractivity contribution in [1.82, 2.24) is 0 Å². The third-order valence-corrected chi connectivity index (χ3v) is 5.87. The van der Waals surface area contributed by atoms with Crippen LogP contribution in [0.5, 0.6) is 5.75 Å². The zero-order valence-electron chi connectivity index (χ0n) is 17.4. The van der Waals surface area contributed by atoms with Crippen LogP contribution in [-0.2, 0) is 11.4 Å². The number of amides is 1. The van der Waals surface area contributed by atoms with Gasteiger partial charge in [0, 0.05) is 21.3 Å². The first-order chi connectivity index (χ1) is 15.3. The van der Waals surface area contributed by atoms with E-state index in [2.05, 4.69) is 21.2 Å². The lowest BCUT2D eigenvalue weighted by molar-refractivity contribution is -0.112. The first-order valence-corrected chi connectivity index (χ1v) is 11.2. The summed E-state index contributed by atoms with van der Waals surface area (Å²) in [5.41, 5.74) is 4.19. The van der Waals surface area contributed by atoms with E-state index in [4.69, 9.17) is 27.9 Å². The summed E-state index contributed by atoms with van der Waals surface area (Å²) in [6.07, 6.45) is 1.53. The highest BCUT2D eigenvalue weighted by atomic mass is 79.9. The molecule has 3 aromatic rings. The number of ether oxygens (including phenoxy) is 1. The zero-order chi connectivity index (χ0) is 23.3. The van der Waals surface area contributed by atoms with Crippen molar-refractivity contribution in [2.24, 2.45) is 0 Å². The van der Waals surface area contributed by atoms with Gasteiger partial charge in [-0.05, 0) is 77.3 Å². The molecule has 0 radical (unpaired) electrons. The second kappa shape index (κ2) is 10.7. The van der Waals surface area contributed by atoms with Gasteiger partial charge in [0.2, 0.25) is 0 Å². The third-order valence-electron chi connectivity index (χ3n) is 4.66. The molecule has 162 valence electrons. The highest BCUT2D eigenvalue weighted by Crippen LogP contribution is 2.29. The summed E-state index contributed by atoms with van der Waals surface area (Å²) in [4.78, 5) is 12.6. The number of nitrogens with one attached hydrogen (secondary N) is 1. The molecule has 32 heavy (non-hydrogen) atoms. The van der Waals surface area contributed by atoms with E-state index in [9.17, 15) is 10.1 Å². The minimum absolute atomic E-state index is 0.00140. The van der Waals surface area contributed by atoms with Gasteiger partial charge in [0.05, 0.1) is 4.47 Å². The number of hydrogen-bond donors (Lipinski definition) is 1. The van der Waals surface area contributed by atoms with E-state index in [1.807, 2.05) is 44.2 Å². The van der Waals surface area contributed by atoms with E-state index in [1.165, 1.54) is 6.08 Å². The average Bonchev–Trinajstić information content (AvgIpc) is 2.74. The molecule has 0 aliphatic heterocycles. The number of nitrogens with zero attached hydrogens (tertiary/aromatic N) is 1. The van der Waals surface area contributed by atoms with Gasteiger partial charge in [0.15, 0.2) is 0 Å². The molecule has 0 aromatic heterocycles. The van der Waals surface area contributed by atoms with Gasteiger partial charge in [-0.3, -0.25) is 4.79 Å². The van der Waals surface area contributed by atoms with Crippen LogP contribution in [0, 0.1) is 25.2 Å². The van der Waals surface area contributed by atoms with Crippen molar-refractivity contribution in [3.63, 3.8) is 0 Å². The fourth-order valence-electron chi connectivity index (χ4n) is 2.98. The molecule has 0 heterocycles. The summed E-state index contributed by atoms with van der Waals surface area (Å²) in [6, 6.07) is 18.2. The van der Waals surface area contributed by atoms with Crippen LogP contribution in [0.4, 0.5) is 5.69 Å². The summed E-state index contributed by atoms with van der Waals surface area (Å²) in [5.74, 6) is 0.139. The normalized spacial score (nSPS) is 11.1. The number of hydrogen-bond acceptors (Lipinski definition) is 3. The predicted molar refractivity (Wildman–Crippen MR) is 133 cm³/mol. The summed E-state index contributed by atoms with van der Waals surface area (Å²) in [7, 11) is 0. The summed E-state index contributed by atoms with van der Waals surface area (Å²) in [6.45, 7) is 4.16. The molecule has 0 bridgehead atoms. The molecule has 0 aliphatic rings. The second-order valence-electron chi connectivity index (χ2n) is 7.16. The molecule has 7 heteroatoms. The Kier molecular flexibility index (Phi) is 7.98. The van der Waals surface area contributed by atoms with Crippen LogP contribution in [-0.4, -0.2) is 5.91 Å². The van der Waals surface area contributed by atoms with E-state index >= 15 is 0 Å². The molecule has 1 amide bonds. The van der Waals surface area contributed by atoms with E-state index in [0.29, 0.717) is 31.5 Å². The van der Waals surface area contributed by atoms with E-state index in [-0.39, 0.29) is 12.2 Å². The molecule has 0 saturated heterocycles. The third kappa shape index (κ3) is 6.14. The average molecular weight is 530 g/mol. The molecule has 0 aliphatic carbocycles. The Bertz CT molecular complexity index is 1250. The smallest absolute Gasteiger partial charge is 0.266 e. The number of aryl methyl sites for hydroxylation is 2. The molecule has 3 aromatic carbocycles. The maximum Gasteiger partial charge on any atom is 0.266 e. The minimum Gasteiger partial charge on any atom is -0.488 e. The number of benzene rings is 3. The number of anilines is 1. The molecule has 0 saturated carbocycles. The Morgan fingerprint density at radius 2 is 1.91 bits per heavy atom. The van der Waals surface area contributed by atoms with Crippen molar-refractivity contribution in [2.75, 3.05) is 5.32 Å². The van der Waals surface area contributed by atoms with E-state index < -0.39 is 5.91 Å². The Morgan fingerprint density at radius 3 is 2.56 bits per heavy atom. The standard InChI is InChI=1S/C25H19BrCl2N2O2/c1-15-3-7-23(16(2)9-15)30-25(31)19(13-29)10-17-4-8-24(21(26)11-17)32-14-18-5-6-20(27)12-22(18)28/h3-12H,14H2,1-2H3,(H,30,31)/b19-10+. The zero-order valence-corrected chi connectivity index (χ0v) is 20.5. The van der Waals surface area contributed by atoms with Crippen LogP contribution in [0.2, 0.25) is 10.0 Å². The fourth-order valence-corrected chi connectivity index (χ4v) is 3.95. The van der Waals surface area contributed by atoms with Crippen LogP contribution < -0.4 is 10.1 Å². The molecular weight excluding hydrogens is 511 g/mol. The van der Waals surface area contributed by atoms with Gasteiger partial charge < -0.3 is 10.1 Å². The number of carbonyl (C=O) groups excluding carboxylic acids is 1. The van der Waals surface area contributed by atoms with Gasteiger partial charge in [0.1, 0.15) is 24.0 Å². The first kappa shape index (κ1) is 23.9. The topological polar surface area (TPSA) is 62.1 Å². The van der Waals surface area contributed by atoms with Crippen molar-refractivity contribution < 1.29 is 9.53 Å². The van der Waals surface area contributed by atoms with Crippen molar-refractivity contribution in [3.05, 3.63) is 96.9 Å². The van der Waals surface area contributed by atoms with Gasteiger partial charge in [-0.25, -0.2) is 0 Å². The molecule has 4 nitrogen and oxygen atoms in total. The van der Waals surface area contributed by atoms with Gasteiger partial charge >= 0.3 is 0 Å². The number of rotatable bonds is 6. The highest BCUT2D eigenvalue weighted by Gasteiger charge is 2.12. The summed E-state index contributed by atoms with van der Waals surface area (Å²) in [5, 5.41) is 13.4. The van der Waals surface area contributed by atoms with Crippen LogP contribution >= 0.6 is 39.1 Å². The highest BCUT2D eigenvalue weighted by molar-refractivity contribution is 9.10.